The van der Waals surface area contributed by atoms with Gasteiger partial charge in [0.25, 0.3) is 0 Å². The highest BCUT2D eigenvalue weighted by molar-refractivity contribution is 8.02. The van der Waals surface area contributed by atoms with E-state index in [0.29, 0.717) is 12.2 Å². The molecule has 2 aromatic heterocycles. The first-order valence-electron chi connectivity index (χ1n) is 25.0. The molecular formula is C52H101BN6O4S2. The van der Waals surface area contributed by atoms with Crippen LogP contribution < -0.4 is 26.6 Å². The molecule has 0 unspecified atom stereocenters. The minimum absolute atomic E-state index is 0.0493. The molecule has 378 valence electrons. The predicted molar refractivity (Wildman–Crippen MR) is 295 cm³/mol. The topological polar surface area (TPSA) is 131 Å². The minimum atomic E-state index is -0.372. The van der Waals surface area contributed by atoms with E-state index in [4.69, 9.17) is 0 Å². The second-order valence-corrected chi connectivity index (χ2v) is 13.9. The Morgan fingerprint density at radius 3 is 1.48 bits per heavy atom. The molecular weight excluding hydrogens is 848 g/mol. The number of hydrogen-bond donors (Lipinski definition) is 6. The van der Waals surface area contributed by atoms with Gasteiger partial charge in [-0.2, -0.15) is 11.3 Å². The number of carbonyl (C=O) groups is 2. The SMILES string of the molecule is C1=CCNCC1.C1=CNCCC1.C1=CNCCCC1.CB(O)N1CCC2(C=CNC(=O)C2)CC1.CC.CC.CC.CC.CC.CC.CC.O=C1CSC=CN1.c1ccoc1.c1ccsc1. The molecule has 2 amide bonds. The summed E-state index contributed by atoms with van der Waals surface area (Å²) in [5.74, 6) is 0.770. The van der Waals surface area contributed by atoms with Gasteiger partial charge in [-0.1, -0.05) is 139 Å². The summed E-state index contributed by atoms with van der Waals surface area (Å²) in [4.78, 5) is 23.7. The highest BCUT2D eigenvalue weighted by Gasteiger charge is 2.37. The van der Waals surface area contributed by atoms with Crippen molar-refractivity contribution in [1.29, 1.82) is 0 Å². The second-order valence-electron chi connectivity index (χ2n) is 12.2. The van der Waals surface area contributed by atoms with Gasteiger partial charge in [0, 0.05) is 43.9 Å². The fourth-order valence-corrected chi connectivity index (χ4v) is 6.05. The van der Waals surface area contributed by atoms with Crippen molar-refractivity contribution in [1.82, 2.24) is 31.4 Å². The summed E-state index contributed by atoms with van der Waals surface area (Å²) in [7, 11) is -0.372. The number of nitrogens with one attached hydrogen (secondary N) is 5. The monoisotopic (exact) mass is 949 g/mol. The molecule has 2 aromatic rings. The van der Waals surface area contributed by atoms with E-state index < -0.39 is 0 Å². The van der Waals surface area contributed by atoms with E-state index in [-0.39, 0.29) is 24.3 Å². The van der Waals surface area contributed by atoms with Crippen LogP contribution in [0.3, 0.4) is 0 Å². The van der Waals surface area contributed by atoms with Gasteiger partial charge in [-0.3, -0.25) is 9.59 Å². The third-order valence-corrected chi connectivity index (χ3v) is 9.40. The van der Waals surface area contributed by atoms with Crippen molar-refractivity contribution < 1.29 is 19.0 Å². The van der Waals surface area contributed by atoms with Crippen molar-refractivity contribution in [3.8, 4) is 0 Å². The lowest BCUT2D eigenvalue weighted by Crippen LogP contribution is -2.48. The van der Waals surface area contributed by atoms with Crippen LogP contribution in [-0.4, -0.2) is 73.7 Å². The minimum Gasteiger partial charge on any atom is -0.473 e. The Bertz CT molecular complexity index is 1160. The molecule has 0 aromatic carbocycles. The summed E-state index contributed by atoms with van der Waals surface area (Å²) >= 11 is 3.22. The van der Waals surface area contributed by atoms with Crippen LogP contribution in [0.2, 0.25) is 6.82 Å². The first kappa shape index (κ1) is 73.1. The number of carbonyl (C=O) groups excluding carboxylic acids is 2. The highest BCUT2D eigenvalue weighted by atomic mass is 32.2. The van der Waals surface area contributed by atoms with Gasteiger partial charge in [0.2, 0.25) is 11.8 Å². The molecule has 8 rings (SSSR count). The van der Waals surface area contributed by atoms with E-state index in [2.05, 4.69) is 61.4 Å². The Morgan fingerprint density at radius 1 is 0.631 bits per heavy atom. The predicted octanol–water partition coefficient (Wildman–Crippen LogP) is 13.4. The number of nitrogens with zero attached hydrogens (tertiary/aromatic N) is 1. The lowest BCUT2D eigenvalue weighted by atomic mass is 9.71. The van der Waals surface area contributed by atoms with Gasteiger partial charge < -0.3 is 40.8 Å². The molecule has 13 heteroatoms. The molecule has 0 radical (unpaired) electrons. The molecule has 1 fully saturated rings. The van der Waals surface area contributed by atoms with Crippen LogP contribution in [0.1, 0.15) is 155 Å². The summed E-state index contributed by atoms with van der Waals surface area (Å²) in [6, 6.07) is 7.70. The largest absolute Gasteiger partial charge is 0.473 e. The quantitative estimate of drug-likeness (QED) is 0.122. The number of allylic oxidation sites excluding steroid dienone is 3. The lowest BCUT2D eigenvalue weighted by Gasteiger charge is -2.41. The van der Waals surface area contributed by atoms with Crippen molar-refractivity contribution in [2.45, 2.75) is 162 Å². The summed E-state index contributed by atoms with van der Waals surface area (Å²) in [5, 5.41) is 30.1. The van der Waals surface area contributed by atoms with E-state index in [0.717, 1.165) is 52.1 Å². The van der Waals surface area contributed by atoms with Crippen molar-refractivity contribution in [2.24, 2.45) is 5.41 Å². The zero-order valence-electron chi connectivity index (χ0n) is 44.2. The summed E-state index contributed by atoms with van der Waals surface area (Å²) in [6.45, 7) is 36.1. The molecule has 8 heterocycles. The first-order chi connectivity index (χ1) is 32.0. The van der Waals surface area contributed by atoms with Crippen LogP contribution in [0.25, 0.3) is 0 Å². The van der Waals surface area contributed by atoms with Crippen molar-refractivity contribution in [3.05, 3.63) is 108 Å². The second kappa shape index (κ2) is 67.1. The van der Waals surface area contributed by atoms with Gasteiger partial charge >= 0.3 is 7.05 Å². The van der Waals surface area contributed by atoms with E-state index >= 15 is 0 Å². The molecule has 0 atom stereocenters. The molecule has 6 aliphatic rings. The Kier molecular flexibility index (Phi) is 75.5. The van der Waals surface area contributed by atoms with Gasteiger partial charge in [-0.05, 0) is 119 Å². The van der Waals surface area contributed by atoms with Crippen molar-refractivity contribution in [2.75, 3.05) is 45.0 Å². The van der Waals surface area contributed by atoms with Crippen LogP contribution in [0.5, 0.6) is 0 Å². The van der Waals surface area contributed by atoms with Gasteiger partial charge in [-0.25, -0.2) is 0 Å². The van der Waals surface area contributed by atoms with Crippen molar-refractivity contribution in [3.63, 3.8) is 0 Å². The number of hydrogen-bond acceptors (Lipinski definition) is 10. The maximum atomic E-state index is 11.3. The molecule has 0 saturated carbocycles. The Labute approximate surface area is 410 Å². The lowest BCUT2D eigenvalue weighted by molar-refractivity contribution is -0.123. The number of thiophene rings is 1. The zero-order chi connectivity index (χ0) is 50.5. The first-order valence-corrected chi connectivity index (χ1v) is 27.0. The Balaban J connectivity index is -0.000000154. The maximum absolute atomic E-state index is 11.3. The van der Waals surface area contributed by atoms with Crippen LogP contribution in [0, 0.1) is 5.41 Å². The van der Waals surface area contributed by atoms with Crippen LogP contribution in [0.15, 0.2) is 113 Å². The van der Waals surface area contributed by atoms with Crippen LogP contribution in [-0.2, 0) is 9.59 Å². The normalized spacial score (nSPS) is 15.8. The fraction of sp³-hybridized carbons (Fsp3) is 0.615. The van der Waals surface area contributed by atoms with Crippen LogP contribution >= 0.6 is 23.1 Å². The summed E-state index contributed by atoms with van der Waals surface area (Å²) in [5.41, 5.74) is 0.0493. The average Bonchev–Trinajstić information content (AvgIpc) is 4.15. The van der Waals surface area contributed by atoms with Gasteiger partial charge in [-0.15, -0.1) is 11.8 Å². The highest BCUT2D eigenvalue weighted by Crippen LogP contribution is 2.37. The molecule has 10 nitrogen and oxygen atoms in total. The summed E-state index contributed by atoms with van der Waals surface area (Å²) < 4.78 is 4.58. The third-order valence-electron chi connectivity index (χ3n) is 8.01. The smallest absolute Gasteiger partial charge is 0.376 e. The number of amides is 2. The number of thioether (sulfide) groups is 1. The van der Waals surface area contributed by atoms with Gasteiger partial charge in [0.15, 0.2) is 0 Å². The maximum Gasteiger partial charge on any atom is 0.376 e. The zero-order valence-corrected chi connectivity index (χ0v) is 45.9. The van der Waals surface area contributed by atoms with E-state index in [1.807, 2.05) is 155 Å². The van der Waals surface area contributed by atoms with Gasteiger partial charge in [0.1, 0.15) is 0 Å². The standard InChI is InChI=1S/C10H17BN2O2.C6H11N.2C5H9N.C4H5NOS.C4H4O.C4H4S.7C2H6/c1-11(15)13-6-3-10(4-7-13)2-5-12-9(14)8-10;1-2-4-6-7-5-3-1;2*1-2-4-6-5-3-1;6-4-3-7-2-1-5-4;2*1-2-4-5-3-1;7*1-2/h2,5,15H,3-4,6-8H2,1H3,(H,12,14);3,5,7H,1-2,4,6H2;2,4,6H,1,3,5H2;1-2,6H,3-5H2;1-2H,3H2,(H,5,6);2*1-4H;7*1-2H3. The van der Waals surface area contributed by atoms with E-state index in [1.54, 1.807) is 43.1 Å². The molecule has 1 saturated heterocycles. The number of piperidine rings is 1. The third kappa shape index (κ3) is 54.8. The molecule has 1 spiro atoms. The van der Waals surface area contributed by atoms with E-state index in [1.165, 1.54) is 50.3 Å². The van der Waals surface area contributed by atoms with Crippen molar-refractivity contribution >= 4 is 42.0 Å². The Hall–Kier alpha value is -3.49. The number of rotatable bonds is 1. The van der Waals surface area contributed by atoms with Crippen LogP contribution in [0.4, 0.5) is 0 Å². The average molecular weight is 949 g/mol. The molecule has 0 bridgehead atoms. The molecule has 6 N–H and O–H groups in total. The molecule has 0 aliphatic carbocycles. The van der Waals surface area contributed by atoms with Gasteiger partial charge in [0.05, 0.1) is 18.3 Å². The Morgan fingerprint density at radius 2 is 1.17 bits per heavy atom. The van der Waals surface area contributed by atoms with E-state index in [9.17, 15) is 14.6 Å². The fourth-order valence-electron chi connectivity index (χ4n) is 5.10. The number of furan rings is 1. The molecule has 65 heavy (non-hydrogen) atoms. The molecule has 6 aliphatic heterocycles. The summed E-state index contributed by atoms with van der Waals surface area (Å²) in [6.07, 6.45) is 31.8.